The molecule has 0 aliphatic heterocycles. The van der Waals surface area contributed by atoms with Crippen LogP contribution in [0, 0.1) is 0 Å². The van der Waals surface area contributed by atoms with Gasteiger partial charge in [-0.25, -0.2) is 13.5 Å². The van der Waals surface area contributed by atoms with Crippen molar-refractivity contribution in [3.05, 3.63) is 0 Å². The number of rotatable bonds is 3. The molecule has 0 saturated heterocycles. The van der Waals surface area contributed by atoms with Crippen molar-refractivity contribution in [3.8, 4) is 0 Å². The molecule has 0 aromatic carbocycles. The van der Waals surface area contributed by atoms with E-state index in [0.29, 0.717) is 0 Å². The van der Waals surface area contributed by atoms with Gasteiger partial charge >= 0.3 is 0 Å². The smallest absolute Gasteiger partial charge is 0.148 e. The van der Waals surface area contributed by atoms with Crippen LogP contribution < -0.4 is 0 Å². The lowest BCUT2D eigenvalue weighted by atomic mass is 10.5. The highest BCUT2D eigenvalue weighted by atomic mass is 79.9. The van der Waals surface area contributed by atoms with Gasteiger partial charge in [-0.1, -0.05) is 15.9 Å². The van der Waals surface area contributed by atoms with Gasteiger partial charge in [-0.2, -0.15) is 0 Å². The van der Waals surface area contributed by atoms with Crippen LogP contribution in [0.2, 0.25) is 0 Å². The van der Waals surface area contributed by atoms with Crippen LogP contribution in [-0.2, 0) is 15.8 Å². The minimum Gasteiger partial charge on any atom is -0.232 e. The second-order valence-corrected chi connectivity index (χ2v) is 3.39. The fourth-order valence-corrected chi connectivity index (χ4v) is 1.23. The average Bonchev–Trinajstić information content (AvgIpc) is 1.61. The van der Waals surface area contributed by atoms with Crippen molar-refractivity contribution < 1.29 is 13.5 Å². The lowest BCUT2D eigenvalue weighted by molar-refractivity contribution is 0.168. The van der Waals surface area contributed by atoms with Gasteiger partial charge in [0.05, 0.1) is 5.75 Å². The van der Waals surface area contributed by atoms with Crippen LogP contribution >= 0.6 is 15.9 Å². The highest BCUT2D eigenvalue weighted by molar-refractivity contribution is 9.09. The molecule has 0 amide bonds. The van der Waals surface area contributed by atoms with E-state index in [1.807, 2.05) is 0 Å². The fraction of sp³-hybridized carbons (Fsp3) is 1.00. The van der Waals surface area contributed by atoms with Gasteiger partial charge in [-0.05, 0) is 0 Å². The number of alkyl halides is 1. The summed E-state index contributed by atoms with van der Waals surface area (Å²) in [6.45, 7) is 0. The highest BCUT2D eigenvalue weighted by Gasteiger charge is 1.98. The highest BCUT2D eigenvalue weighted by Crippen LogP contribution is 1.99. The minimum atomic E-state index is -2.36. The summed E-state index contributed by atoms with van der Waals surface area (Å²) in [4.78, 5) is 0. The summed E-state index contributed by atoms with van der Waals surface area (Å²) in [5.41, 5.74) is 0. The van der Waals surface area contributed by atoms with Gasteiger partial charge in [-0.3, -0.25) is 0 Å². The third-order valence-corrected chi connectivity index (χ3v) is 1.62. The van der Waals surface area contributed by atoms with Crippen molar-refractivity contribution in [1.82, 2.24) is 0 Å². The van der Waals surface area contributed by atoms with Gasteiger partial charge in [0.2, 0.25) is 0 Å². The standard InChI is InChI=1S/C3H6BrO3S/c4-3(5)1-2-8(6)7/h3,8H,1-2H2. The Morgan fingerprint density at radius 3 is 2.12 bits per heavy atom. The second-order valence-electron chi connectivity index (χ2n) is 1.26. The van der Waals surface area contributed by atoms with E-state index < -0.39 is 15.7 Å². The molecule has 5 heteroatoms. The van der Waals surface area contributed by atoms with Gasteiger partial charge in [0, 0.05) is 6.42 Å². The number of hydrogen-bond donors (Lipinski definition) is 1. The maximum absolute atomic E-state index is 10.1. The Bertz CT molecular complexity index is 112. The van der Waals surface area contributed by atoms with Gasteiger partial charge in [0.25, 0.3) is 0 Å². The Hall–Kier alpha value is 0.390. The molecule has 49 valence electrons. The van der Waals surface area contributed by atoms with E-state index in [0.717, 1.165) is 0 Å². The van der Waals surface area contributed by atoms with E-state index in [1.165, 1.54) is 0 Å². The first-order valence-electron chi connectivity index (χ1n) is 2.04. The van der Waals surface area contributed by atoms with Crippen LogP contribution in [0.5, 0.6) is 0 Å². The molecule has 0 spiro atoms. The summed E-state index contributed by atoms with van der Waals surface area (Å²) < 4.78 is 19.6. The summed E-state index contributed by atoms with van der Waals surface area (Å²) in [6.07, 6.45) is 0.151. The van der Waals surface area contributed by atoms with E-state index >= 15 is 0 Å². The van der Waals surface area contributed by atoms with Crippen molar-refractivity contribution in [3.63, 3.8) is 0 Å². The van der Waals surface area contributed by atoms with E-state index in [4.69, 9.17) is 0 Å². The van der Waals surface area contributed by atoms with E-state index in [-0.39, 0.29) is 12.2 Å². The first-order valence-corrected chi connectivity index (χ1v) is 4.32. The third kappa shape index (κ3) is 6.39. The molecule has 0 bridgehead atoms. The molecular weight excluding hydrogens is 196 g/mol. The molecule has 0 heterocycles. The summed E-state index contributed by atoms with van der Waals surface area (Å²) in [6, 6.07) is 0. The summed E-state index contributed by atoms with van der Waals surface area (Å²) in [5, 5.41) is 9.15. The lowest BCUT2D eigenvalue weighted by Crippen LogP contribution is -1.97. The molecule has 1 unspecified atom stereocenters. The monoisotopic (exact) mass is 201 g/mol. The molecule has 0 N–H and O–H groups in total. The molecule has 0 rings (SSSR count). The van der Waals surface area contributed by atoms with Crippen molar-refractivity contribution in [1.29, 1.82) is 0 Å². The summed E-state index contributed by atoms with van der Waals surface area (Å²) in [5.74, 6) is -0.0191. The maximum atomic E-state index is 10.1. The summed E-state index contributed by atoms with van der Waals surface area (Å²) in [7, 11) is -2.36. The van der Waals surface area contributed by atoms with E-state index in [1.54, 1.807) is 0 Å². The molecule has 3 nitrogen and oxygen atoms in total. The van der Waals surface area contributed by atoms with Crippen LogP contribution in [0.25, 0.3) is 0 Å². The molecule has 0 aliphatic rings. The van der Waals surface area contributed by atoms with Gasteiger partial charge < -0.3 is 0 Å². The Kier molecular flexibility index (Phi) is 4.50. The van der Waals surface area contributed by atoms with Gasteiger partial charge in [0.1, 0.15) is 15.7 Å². The molecule has 0 fully saturated rings. The normalized spacial score (nSPS) is 14.4. The number of halogens is 1. The zero-order valence-electron chi connectivity index (χ0n) is 4.04. The van der Waals surface area contributed by atoms with Crippen molar-refractivity contribution in [2.45, 2.75) is 11.4 Å². The summed E-state index contributed by atoms with van der Waals surface area (Å²) >= 11 is 2.68. The zero-order chi connectivity index (χ0) is 6.57. The van der Waals surface area contributed by atoms with Crippen molar-refractivity contribution >= 4 is 26.6 Å². The van der Waals surface area contributed by atoms with Crippen LogP contribution in [0.3, 0.4) is 0 Å². The van der Waals surface area contributed by atoms with Crippen LogP contribution in [0.15, 0.2) is 0 Å². The molecule has 0 aliphatic carbocycles. The SMILES string of the molecule is [O]C(Br)CC[SH](=O)=O. The average molecular weight is 202 g/mol. The Labute approximate surface area is 57.8 Å². The molecule has 1 radical (unpaired) electrons. The number of thiol groups is 1. The van der Waals surface area contributed by atoms with Gasteiger partial charge in [-0.15, -0.1) is 0 Å². The molecular formula is C3H6BrO3S. The fourth-order valence-electron chi connectivity index (χ4n) is 0.207. The van der Waals surface area contributed by atoms with Gasteiger partial charge in [0.15, 0.2) is 0 Å². The minimum absolute atomic E-state index is 0.0191. The Balaban J connectivity index is 3.18. The molecule has 1 atom stereocenters. The molecule has 0 saturated carbocycles. The van der Waals surface area contributed by atoms with E-state index in [9.17, 15) is 13.5 Å². The Morgan fingerprint density at radius 2 is 2.00 bits per heavy atom. The quantitative estimate of drug-likeness (QED) is 0.522. The predicted octanol–water partition coefficient (Wildman–Crippen LogP) is 0.139. The first-order chi connectivity index (χ1) is 3.63. The zero-order valence-corrected chi connectivity index (χ0v) is 6.52. The van der Waals surface area contributed by atoms with E-state index in [2.05, 4.69) is 15.9 Å². The van der Waals surface area contributed by atoms with Crippen LogP contribution in [-0.4, -0.2) is 19.2 Å². The third-order valence-electron chi connectivity index (χ3n) is 0.539. The predicted molar refractivity (Wildman–Crippen MR) is 33.2 cm³/mol. The van der Waals surface area contributed by atoms with Crippen molar-refractivity contribution in [2.75, 3.05) is 5.75 Å². The van der Waals surface area contributed by atoms with Crippen LogP contribution in [0.4, 0.5) is 0 Å². The lowest BCUT2D eigenvalue weighted by Gasteiger charge is -1.90. The molecule has 0 aromatic rings. The Morgan fingerprint density at radius 1 is 1.50 bits per heavy atom. The first kappa shape index (κ1) is 8.39. The van der Waals surface area contributed by atoms with Crippen LogP contribution in [0.1, 0.15) is 6.42 Å². The molecule has 8 heavy (non-hydrogen) atoms. The maximum Gasteiger partial charge on any atom is 0.148 e. The largest absolute Gasteiger partial charge is 0.232 e. The van der Waals surface area contributed by atoms with Crippen molar-refractivity contribution in [2.24, 2.45) is 0 Å². The topological polar surface area (TPSA) is 54.0 Å². The number of hydrogen-bond acceptors (Lipinski definition) is 2. The second kappa shape index (κ2) is 4.29. The molecule has 0 aromatic heterocycles.